The average molecular weight is 246 g/mol. The summed E-state index contributed by atoms with van der Waals surface area (Å²) in [6, 6.07) is 12.6. The number of aliphatic imine (C=N–C) groups is 1. The Morgan fingerprint density at radius 2 is 1.94 bits per heavy atom. The molecule has 0 bridgehead atoms. The molecular weight excluding hydrogens is 234 g/mol. The fourth-order valence-corrected chi connectivity index (χ4v) is 1.57. The van der Waals surface area contributed by atoms with Gasteiger partial charge in [-0.05, 0) is 42.8 Å². The molecule has 0 aliphatic heterocycles. The molecule has 0 radical (unpaired) electrons. The molecular formula is C14H12ClNO. The number of aryl methyl sites for hydroxylation is 1. The minimum absolute atomic E-state index is 0.224. The first-order chi connectivity index (χ1) is 8.16. The molecule has 0 saturated heterocycles. The summed E-state index contributed by atoms with van der Waals surface area (Å²) in [6.45, 7) is 1.93. The second-order valence-corrected chi connectivity index (χ2v) is 4.16. The van der Waals surface area contributed by atoms with Crippen LogP contribution in [0.5, 0.6) is 5.75 Å². The zero-order valence-corrected chi connectivity index (χ0v) is 10.1. The van der Waals surface area contributed by atoms with Gasteiger partial charge in [-0.3, -0.25) is 4.99 Å². The molecule has 2 nitrogen and oxygen atoms in total. The predicted molar refractivity (Wildman–Crippen MR) is 71.5 cm³/mol. The molecule has 1 N–H and O–H groups in total. The Morgan fingerprint density at radius 1 is 1.18 bits per heavy atom. The fourth-order valence-electron chi connectivity index (χ4n) is 1.45. The normalized spacial score (nSPS) is 10.9. The number of hydrogen-bond donors (Lipinski definition) is 1. The molecule has 17 heavy (non-hydrogen) atoms. The second kappa shape index (κ2) is 5.02. The van der Waals surface area contributed by atoms with Crippen LogP contribution < -0.4 is 0 Å². The van der Waals surface area contributed by atoms with Crippen LogP contribution in [0.1, 0.15) is 11.1 Å². The molecule has 3 heteroatoms. The van der Waals surface area contributed by atoms with Gasteiger partial charge < -0.3 is 5.11 Å². The summed E-state index contributed by atoms with van der Waals surface area (Å²) in [4.78, 5) is 4.30. The van der Waals surface area contributed by atoms with E-state index in [0.717, 1.165) is 16.3 Å². The highest BCUT2D eigenvalue weighted by molar-refractivity contribution is 6.31. The fraction of sp³-hybridized carbons (Fsp3) is 0.0714. The number of rotatable bonds is 2. The summed E-state index contributed by atoms with van der Waals surface area (Å²) in [5.41, 5.74) is 2.49. The number of nitrogens with zero attached hydrogens (tertiary/aromatic N) is 1. The third-order valence-corrected chi connectivity index (χ3v) is 2.86. The van der Waals surface area contributed by atoms with Crippen molar-refractivity contribution in [2.24, 2.45) is 4.99 Å². The first kappa shape index (κ1) is 11.7. The lowest BCUT2D eigenvalue weighted by Crippen LogP contribution is -1.81. The van der Waals surface area contributed by atoms with E-state index in [1.54, 1.807) is 18.3 Å². The van der Waals surface area contributed by atoms with Gasteiger partial charge in [0.05, 0.1) is 5.69 Å². The lowest BCUT2D eigenvalue weighted by Gasteiger charge is -2.00. The average Bonchev–Trinajstić information content (AvgIpc) is 2.32. The lowest BCUT2D eigenvalue weighted by atomic mass is 10.2. The van der Waals surface area contributed by atoms with Crippen LogP contribution in [-0.2, 0) is 0 Å². The van der Waals surface area contributed by atoms with Crippen molar-refractivity contribution in [3.05, 3.63) is 58.6 Å². The summed E-state index contributed by atoms with van der Waals surface area (Å²) >= 11 is 5.93. The molecule has 2 aromatic rings. The van der Waals surface area contributed by atoms with E-state index < -0.39 is 0 Å². The maximum Gasteiger partial charge on any atom is 0.124 e. The van der Waals surface area contributed by atoms with Crippen LogP contribution in [0.3, 0.4) is 0 Å². The molecule has 0 saturated carbocycles. The van der Waals surface area contributed by atoms with Gasteiger partial charge in [0.1, 0.15) is 5.75 Å². The Balaban J connectivity index is 2.26. The van der Waals surface area contributed by atoms with Gasteiger partial charge in [-0.1, -0.05) is 23.7 Å². The highest BCUT2D eigenvalue weighted by Gasteiger charge is 1.97. The van der Waals surface area contributed by atoms with Gasteiger partial charge >= 0.3 is 0 Å². The van der Waals surface area contributed by atoms with E-state index in [9.17, 15) is 5.11 Å². The number of phenolic OH excluding ortho intramolecular Hbond substituents is 1. The van der Waals surface area contributed by atoms with Gasteiger partial charge in [0, 0.05) is 16.8 Å². The van der Waals surface area contributed by atoms with Crippen molar-refractivity contribution >= 4 is 23.5 Å². The number of halogens is 1. The minimum atomic E-state index is 0.224. The van der Waals surface area contributed by atoms with Crippen molar-refractivity contribution in [2.75, 3.05) is 0 Å². The van der Waals surface area contributed by atoms with E-state index in [-0.39, 0.29) is 5.75 Å². The summed E-state index contributed by atoms with van der Waals surface area (Å²) < 4.78 is 0. The zero-order valence-electron chi connectivity index (χ0n) is 9.39. The monoisotopic (exact) mass is 245 g/mol. The molecule has 86 valence electrons. The first-order valence-electron chi connectivity index (χ1n) is 5.25. The molecule has 0 spiro atoms. The van der Waals surface area contributed by atoms with Crippen molar-refractivity contribution in [1.82, 2.24) is 0 Å². The van der Waals surface area contributed by atoms with Crippen LogP contribution in [-0.4, -0.2) is 11.3 Å². The first-order valence-corrected chi connectivity index (χ1v) is 5.63. The highest BCUT2D eigenvalue weighted by atomic mass is 35.5. The molecule has 0 heterocycles. The maximum absolute atomic E-state index is 9.57. The molecule has 0 fully saturated rings. The number of benzene rings is 2. The van der Waals surface area contributed by atoms with Gasteiger partial charge in [0.2, 0.25) is 0 Å². The largest absolute Gasteiger partial charge is 0.507 e. The zero-order chi connectivity index (χ0) is 12.3. The molecule has 0 aromatic heterocycles. The quantitative estimate of drug-likeness (QED) is 0.794. The topological polar surface area (TPSA) is 32.6 Å². The molecule has 0 unspecified atom stereocenters. The van der Waals surface area contributed by atoms with E-state index in [1.165, 1.54) is 0 Å². The summed E-state index contributed by atoms with van der Waals surface area (Å²) in [5, 5.41) is 10.3. The Labute approximate surface area is 105 Å². The van der Waals surface area contributed by atoms with Crippen LogP contribution in [0.2, 0.25) is 5.02 Å². The second-order valence-electron chi connectivity index (χ2n) is 3.75. The minimum Gasteiger partial charge on any atom is -0.507 e. The van der Waals surface area contributed by atoms with Crippen molar-refractivity contribution in [2.45, 2.75) is 6.92 Å². The summed E-state index contributed by atoms with van der Waals surface area (Å²) in [6.07, 6.45) is 1.64. The molecule has 2 rings (SSSR count). The van der Waals surface area contributed by atoms with Crippen LogP contribution in [0, 0.1) is 6.92 Å². The van der Waals surface area contributed by atoms with E-state index in [4.69, 9.17) is 11.6 Å². The van der Waals surface area contributed by atoms with Crippen molar-refractivity contribution in [3.8, 4) is 5.75 Å². The predicted octanol–water partition coefficient (Wildman–Crippen LogP) is 4.10. The van der Waals surface area contributed by atoms with Gasteiger partial charge in [0.15, 0.2) is 0 Å². The van der Waals surface area contributed by atoms with Crippen molar-refractivity contribution in [1.29, 1.82) is 0 Å². The highest BCUT2D eigenvalue weighted by Crippen LogP contribution is 2.22. The van der Waals surface area contributed by atoms with E-state index in [1.807, 2.05) is 37.3 Å². The van der Waals surface area contributed by atoms with Crippen LogP contribution >= 0.6 is 11.6 Å². The molecule has 0 amide bonds. The number of aromatic hydroxyl groups is 1. The van der Waals surface area contributed by atoms with Gasteiger partial charge in [-0.2, -0.15) is 0 Å². The molecule has 0 atom stereocenters. The van der Waals surface area contributed by atoms with Gasteiger partial charge in [-0.25, -0.2) is 0 Å². The Kier molecular flexibility index (Phi) is 3.45. The number of para-hydroxylation sites is 1. The maximum atomic E-state index is 9.57. The number of hydrogen-bond acceptors (Lipinski definition) is 2. The Bertz CT molecular complexity index is 564. The standard InChI is InChI=1S/C14H12ClNO/c1-10-8-12(6-7-13(10)15)16-9-11-4-2-3-5-14(11)17/h2-9,17H,1H3. The Morgan fingerprint density at radius 3 is 2.65 bits per heavy atom. The van der Waals surface area contributed by atoms with E-state index in [2.05, 4.69) is 4.99 Å². The summed E-state index contributed by atoms with van der Waals surface area (Å²) in [7, 11) is 0. The third kappa shape index (κ3) is 2.86. The molecule has 0 aliphatic rings. The third-order valence-electron chi connectivity index (χ3n) is 2.43. The Hall–Kier alpha value is -1.80. The van der Waals surface area contributed by atoms with Crippen LogP contribution in [0.25, 0.3) is 0 Å². The molecule has 0 aliphatic carbocycles. The lowest BCUT2D eigenvalue weighted by molar-refractivity contribution is 0.474. The summed E-state index contributed by atoms with van der Waals surface area (Å²) in [5.74, 6) is 0.224. The molecule has 2 aromatic carbocycles. The van der Waals surface area contributed by atoms with Crippen molar-refractivity contribution < 1.29 is 5.11 Å². The van der Waals surface area contributed by atoms with E-state index in [0.29, 0.717) is 5.56 Å². The van der Waals surface area contributed by atoms with Crippen LogP contribution in [0.15, 0.2) is 47.5 Å². The van der Waals surface area contributed by atoms with Gasteiger partial charge in [-0.15, -0.1) is 0 Å². The van der Waals surface area contributed by atoms with Crippen molar-refractivity contribution in [3.63, 3.8) is 0 Å². The van der Waals surface area contributed by atoms with Gasteiger partial charge in [0.25, 0.3) is 0 Å². The SMILES string of the molecule is Cc1cc(N=Cc2ccccc2O)ccc1Cl. The number of phenols is 1. The van der Waals surface area contributed by atoms with Crippen LogP contribution in [0.4, 0.5) is 5.69 Å². The smallest absolute Gasteiger partial charge is 0.124 e. The van der Waals surface area contributed by atoms with E-state index >= 15 is 0 Å².